The van der Waals surface area contributed by atoms with Crippen molar-refractivity contribution in [2.45, 2.75) is 5.16 Å². The van der Waals surface area contributed by atoms with Crippen molar-refractivity contribution in [1.29, 1.82) is 0 Å². The van der Waals surface area contributed by atoms with Gasteiger partial charge in [-0.15, -0.1) is 10.2 Å². The number of halogens is 1. The number of thioether (sulfide) groups is 1. The SMILES string of the molecule is CN(C)c1ccc(C=NNC(=O)CSc2nnc(-c3ccccc3)n2-c2ccc(Br)cc2)cc1. The molecule has 0 aliphatic rings. The van der Waals surface area contributed by atoms with Crippen LogP contribution in [0, 0.1) is 0 Å². The van der Waals surface area contributed by atoms with Crippen LogP contribution in [0.25, 0.3) is 17.1 Å². The van der Waals surface area contributed by atoms with Crippen LogP contribution in [-0.2, 0) is 4.79 Å². The fourth-order valence-corrected chi connectivity index (χ4v) is 4.17. The molecule has 1 aromatic heterocycles. The van der Waals surface area contributed by atoms with Crippen LogP contribution in [0.15, 0.2) is 93.6 Å². The van der Waals surface area contributed by atoms with Gasteiger partial charge in [0.25, 0.3) is 5.91 Å². The van der Waals surface area contributed by atoms with E-state index >= 15 is 0 Å². The highest BCUT2D eigenvalue weighted by atomic mass is 79.9. The highest BCUT2D eigenvalue weighted by molar-refractivity contribution is 9.10. The van der Waals surface area contributed by atoms with Crippen molar-refractivity contribution in [2.24, 2.45) is 5.10 Å². The van der Waals surface area contributed by atoms with Crippen molar-refractivity contribution < 1.29 is 4.79 Å². The molecule has 1 N–H and O–H groups in total. The molecule has 0 saturated carbocycles. The van der Waals surface area contributed by atoms with Crippen molar-refractivity contribution >= 4 is 45.5 Å². The second kappa shape index (κ2) is 11.1. The van der Waals surface area contributed by atoms with E-state index in [0.717, 1.165) is 27.0 Å². The third kappa shape index (κ3) is 5.92. The van der Waals surface area contributed by atoms with Crippen LogP contribution in [0.4, 0.5) is 5.69 Å². The van der Waals surface area contributed by atoms with E-state index in [-0.39, 0.29) is 11.7 Å². The number of anilines is 1. The number of amides is 1. The van der Waals surface area contributed by atoms with Gasteiger partial charge in [0.2, 0.25) is 0 Å². The Kier molecular flexibility index (Phi) is 7.76. The molecule has 4 aromatic rings. The highest BCUT2D eigenvalue weighted by Crippen LogP contribution is 2.28. The van der Waals surface area contributed by atoms with E-state index in [0.29, 0.717) is 11.0 Å². The van der Waals surface area contributed by atoms with Crippen LogP contribution in [0.1, 0.15) is 5.56 Å². The molecule has 1 amide bonds. The van der Waals surface area contributed by atoms with Gasteiger partial charge in [-0.2, -0.15) is 5.10 Å². The quantitative estimate of drug-likeness (QED) is 0.195. The fourth-order valence-electron chi connectivity index (χ4n) is 3.16. The van der Waals surface area contributed by atoms with Crippen molar-refractivity contribution in [3.63, 3.8) is 0 Å². The Morgan fingerprint density at radius 1 is 1.03 bits per heavy atom. The normalized spacial score (nSPS) is 11.0. The number of benzene rings is 3. The molecule has 0 aliphatic carbocycles. The highest BCUT2D eigenvalue weighted by Gasteiger charge is 2.17. The monoisotopic (exact) mass is 534 g/mol. The zero-order valence-corrected chi connectivity index (χ0v) is 21.1. The molecular weight excluding hydrogens is 512 g/mol. The van der Waals surface area contributed by atoms with Gasteiger partial charge in [-0.3, -0.25) is 9.36 Å². The predicted molar refractivity (Wildman–Crippen MR) is 142 cm³/mol. The Balaban J connectivity index is 1.45. The number of hydrogen-bond acceptors (Lipinski definition) is 6. The Labute approximate surface area is 211 Å². The van der Waals surface area contributed by atoms with Gasteiger partial charge in [0.1, 0.15) is 0 Å². The third-order valence-electron chi connectivity index (χ3n) is 4.89. The van der Waals surface area contributed by atoms with E-state index < -0.39 is 0 Å². The van der Waals surface area contributed by atoms with Crippen LogP contribution in [0.2, 0.25) is 0 Å². The lowest BCUT2D eigenvalue weighted by atomic mass is 10.2. The molecule has 0 radical (unpaired) electrons. The summed E-state index contributed by atoms with van der Waals surface area (Å²) in [6.45, 7) is 0. The Bertz CT molecular complexity index is 1270. The molecule has 9 heteroatoms. The molecule has 0 fully saturated rings. The number of hydrogen-bond donors (Lipinski definition) is 1. The van der Waals surface area contributed by atoms with Gasteiger partial charge in [0, 0.05) is 35.5 Å². The fraction of sp³-hybridized carbons (Fsp3) is 0.120. The Morgan fingerprint density at radius 3 is 2.41 bits per heavy atom. The molecule has 0 aliphatic heterocycles. The number of rotatable bonds is 8. The number of nitrogens with zero attached hydrogens (tertiary/aromatic N) is 5. The number of carbonyl (C=O) groups is 1. The van der Waals surface area contributed by atoms with Crippen molar-refractivity contribution in [2.75, 3.05) is 24.7 Å². The zero-order chi connectivity index (χ0) is 23.9. The molecule has 7 nitrogen and oxygen atoms in total. The number of nitrogens with one attached hydrogen (secondary N) is 1. The lowest BCUT2D eigenvalue weighted by Gasteiger charge is -2.11. The minimum Gasteiger partial charge on any atom is -0.378 e. The maximum Gasteiger partial charge on any atom is 0.250 e. The summed E-state index contributed by atoms with van der Waals surface area (Å²) in [7, 11) is 3.97. The van der Waals surface area contributed by atoms with Crippen molar-refractivity contribution in [3.8, 4) is 17.1 Å². The van der Waals surface area contributed by atoms with Gasteiger partial charge in [0.15, 0.2) is 11.0 Å². The average molecular weight is 535 g/mol. The first-order chi connectivity index (χ1) is 16.5. The molecule has 0 bridgehead atoms. The number of hydrazone groups is 1. The van der Waals surface area contributed by atoms with Gasteiger partial charge in [-0.05, 0) is 42.0 Å². The molecule has 1 heterocycles. The lowest BCUT2D eigenvalue weighted by molar-refractivity contribution is -0.118. The average Bonchev–Trinajstić information content (AvgIpc) is 3.28. The second-order valence-corrected chi connectivity index (χ2v) is 9.41. The number of carbonyl (C=O) groups excluding carboxylic acids is 1. The first-order valence-electron chi connectivity index (χ1n) is 10.5. The molecule has 3 aromatic carbocycles. The van der Waals surface area contributed by atoms with Crippen LogP contribution in [-0.4, -0.2) is 46.7 Å². The standard InChI is InChI=1S/C25H23BrN6OS/c1-31(2)21-12-8-18(9-13-21)16-27-28-23(33)17-34-25-30-29-24(19-6-4-3-5-7-19)32(25)22-14-10-20(26)11-15-22/h3-16H,17H2,1-2H3,(H,28,33). The van der Waals surface area contributed by atoms with E-state index in [2.05, 4.69) is 36.7 Å². The molecule has 0 saturated heterocycles. The number of aromatic nitrogens is 3. The van der Waals surface area contributed by atoms with E-state index in [1.807, 2.05) is 102 Å². The predicted octanol–water partition coefficient (Wildman–Crippen LogP) is 5.01. The van der Waals surface area contributed by atoms with Gasteiger partial charge < -0.3 is 4.90 Å². The van der Waals surface area contributed by atoms with E-state index in [1.54, 1.807) is 6.21 Å². The Morgan fingerprint density at radius 2 is 1.74 bits per heavy atom. The van der Waals surface area contributed by atoms with Crippen molar-refractivity contribution in [3.05, 3.63) is 88.9 Å². The zero-order valence-electron chi connectivity index (χ0n) is 18.7. The van der Waals surface area contributed by atoms with Gasteiger partial charge in [-0.1, -0.05) is 70.2 Å². The minimum absolute atomic E-state index is 0.153. The Hall–Kier alpha value is -3.43. The molecule has 4 rings (SSSR count). The minimum atomic E-state index is -0.224. The first-order valence-corrected chi connectivity index (χ1v) is 12.3. The summed E-state index contributed by atoms with van der Waals surface area (Å²) < 4.78 is 2.93. The summed E-state index contributed by atoms with van der Waals surface area (Å²) >= 11 is 4.78. The van der Waals surface area contributed by atoms with Crippen LogP contribution >= 0.6 is 27.7 Å². The van der Waals surface area contributed by atoms with E-state index in [9.17, 15) is 4.79 Å². The van der Waals surface area contributed by atoms with Crippen LogP contribution in [0.3, 0.4) is 0 Å². The molecule has 0 unspecified atom stereocenters. The molecule has 34 heavy (non-hydrogen) atoms. The summed E-state index contributed by atoms with van der Waals surface area (Å²) in [5.74, 6) is 0.642. The molecule has 0 spiro atoms. The van der Waals surface area contributed by atoms with Crippen molar-refractivity contribution in [1.82, 2.24) is 20.2 Å². The summed E-state index contributed by atoms with van der Waals surface area (Å²) in [5, 5.41) is 13.5. The summed E-state index contributed by atoms with van der Waals surface area (Å²) in [6.07, 6.45) is 1.62. The van der Waals surface area contributed by atoms with Crippen LogP contribution in [0.5, 0.6) is 0 Å². The van der Waals surface area contributed by atoms with Gasteiger partial charge in [-0.25, -0.2) is 5.43 Å². The third-order valence-corrected chi connectivity index (χ3v) is 6.35. The maximum atomic E-state index is 12.4. The maximum absolute atomic E-state index is 12.4. The largest absolute Gasteiger partial charge is 0.378 e. The second-order valence-electron chi connectivity index (χ2n) is 7.55. The summed E-state index contributed by atoms with van der Waals surface area (Å²) in [6, 6.07) is 25.6. The van der Waals surface area contributed by atoms with E-state index in [1.165, 1.54) is 11.8 Å². The molecular formula is C25H23BrN6OS. The lowest BCUT2D eigenvalue weighted by Crippen LogP contribution is -2.20. The smallest absolute Gasteiger partial charge is 0.250 e. The molecule has 172 valence electrons. The summed E-state index contributed by atoms with van der Waals surface area (Å²) in [5.41, 5.74) is 6.44. The van der Waals surface area contributed by atoms with Crippen LogP contribution < -0.4 is 10.3 Å². The van der Waals surface area contributed by atoms with E-state index in [4.69, 9.17) is 0 Å². The summed E-state index contributed by atoms with van der Waals surface area (Å²) in [4.78, 5) is 14.4. The topological polar surface area (TPSA) is 75.4 Å². The first kappa shape index (κ1) is 23.7. The van der Waals surface area contributed by atoms with Gasteiger partial charge in [0.05, 0.1) is 12.0 Å². The van der Waals surface area contributed by atoms with Gasteiger partial charge >= 0.3 is 0 Å². The molecule has 0 atom stereocenters.